The molecule has 6 heteroatoms. The van der Waals surface area contributed by atoms with Crippen LogP contribution in [0.4, 0.5) is 22.7 Å². The largest absolute Gasteiger partial charge is 0.493 e. The van der Waals surface area contributed by atoms with Crippen molar-refractivity contribution in [3.8, 4) is 16.9 Å². The average Bonchev–Trinajstić information content (AvgIpc) is 3.73. The summed E-state index contributed by atoms with van der Waals surface area (Å²) in [5, 5.41) is 2.34. The first-order valence-electron chi connectivity index (χ1n) is 20.1. The fourth-order valence-corrected chi connectivity index (χ4v) is 9.23. The van der Waals surface area contributed by atoms with E-state index in [4.69, 9.17) is 4.98 Å². The molecule has 59 heavy (non-hydrogen) atoms. The Labute approximate surface area is 368 Å². The molecule has 0 saturated heterocycles. The number of fused-ring (bicyclic) bond motifs is 4. The fraction of sp³-hybridized carbons (Fsp3) is 0.208. The van der Waals surface area contributed by atoms with Crippen molar-refractivity contribution in [1.82, 2.24) is 9.55 Å². The molecule has 2 aromatic heterocycles. The molecule has 0 unspecified atom stereocenters. The zero-order chi connectivity index (χ0) is 40.5. The minimum atomic E-state index is 0. The maximum absolute atomic E-state index is 4.95. The SMILES string of the molecule is Cc1cc(C)c(-c2ccnc(-n3c4[c-]c(Sc5[c-]c(N6[CH-]N(c7cccc(C(C)(C)C)c7)c7cc(C(C)(C)C)ccc76)ccc5)ccc4c4ccccc43)c2)c(C)c1.[Pt]. The van der Waals surface area contributed by atoms with Gasteiger partial charge in [0, 0.05) is 49.8 Å². The summed E-state index contributed by atoms with van der Waals surface area (Å²) in [5.74, 6) is 0.880. The third-order valence-corrected chi connectivity index (χ3v) is 12.2. The van der Waals surface area contributed by atoms with Gasteiger partial charge in [0.05, 0.1) is 0 Å². The predicted octanol–water partition coefficient (Wildman–Crippen LogP) is 14.5. The smallest absolute Gasteiger partial charge is 0.136 e. The summed E-state index contributed by atoms with van der Waals surface area (Å²) < 4.78 is 2.27. The number of aromatic nitrogens is 2. The Balaban J connectivity index is 0.00000484. The second-order valence-electron chi connectivity index (χ2n) is 17.7. The van der Waals surface area contributed by atoms with E-state index in [9.17, 15) is 0 Å². The van der Waals surface area contributed by atoms with E-state index < -0.39 is 0 Å². The van der Waals surface area contributed by atoms with Gasteiger partial charge in [0.1, 0.15) is 5.82 Å². The van der Waals surface area contributed by atoms with Crippen LogP contribution in [0.2, 0.25) is 0 Å². The molecule has 4 nitrogen and oxygen atoms in total. The van der Waals surface area contributed by atoms with Crippen LogP contribution in [-0.2, 0) is 31.9 Å². The van der Waals surface area contributed by atoms with Crippen molar-refractivity contribution in [2.75, 3.05) is 9.80 Å². The molecular weight excluding hydrogens is 920 g/mol. The predicted molar refractivity (Wildman–Crippen MR) is 245 cm³/mol. The maximum atomic E-state index is 4.95. The second-order valence-corrected chi connectivity index (χ2v) is 18.8. The van der Waals surface area contributed by atoms with E-state index >= 15 is 0 Å². The third kappa shape index (κ3) is 7.65. The standard InChI is InChI=1S/C53H49N4S.Pt/c1-34-26-35(2)51(36(3)27-34)37-24-25-54-50(28-37)57-46-19-11-10-18-44(46)45-22-21-43(32-48(45)57)58-42-17-13-16-41(31-42)55-33-56(40-15-12-14-38(29-40)52(4,5)6)49-30-39(53(7,8)9)20-23-47(49)55;/h10-30,33H,1-9H3;/q-3;. The summed E-state index contributed by atoms with van der Waals surface area (Å²) in [4.78, 5) is 11.6. The van der Waals surface area contributed by atoms with Gasteiger partial charge in [0.25, 0.3) is 0 Å². The average molecular weight is 969 g/mol. The van der Waals surface area contributed by atoms with Gasteiger partial charge in [-0.25, -0.2) is 4.98 Å². The Morgan fingerprint density at radius 1 is 0.610 bits per heavy atom. The van der Waals surface area contributed by atoms with Gasteiger partial charge in [-0.15, -0.1) is 57.5 Å². The Morgan fingerprint density at radius 2 is 1.32 bits per heavy atom. The number of benzene rings is 6. The molecular formula is C53H49N4PtS-3. The topological polar surface area (TPSA) is 24.3 Å². The van der Waals surface area contributed by atoms with Crippen LogP contribution in [0.15, 0.2) is 137 Å². The summed E-state index contributed by atoms with van der Waals surface area (Å²) in [7, 11) is 0. The minimum Gasteiger partial charge on any atom is -0.493 e. The first-order chi connectivity index (χ1) is 27.7. The van der Waals surface area contributed by atoms with Crippen molar-refractivity contribution in [3.63, 3.8) is 0 Å². The van der Waals surface area contributed by atoms with Gasteiger partial charge in [-0.2, -0.15) is 24.3 Å². The molecule has 0 fully saturated rings. The molecule has 8 aromatic rings. The van der Waals surface area contributed by atoms with Crippen molar-refractivity contribution in [1.29, 1.82) is 0 Å². The molecule has 0 bridgehead atoms. The van der Waals surface area contributed by atoms with Crippen LogP contribution in [-0.4, -0.2) is 9.55 Å². The number of hydrogen-bond donors (Lipinski definition) is 0. The monoisotopic (exact) mass is 968 g/mol. The quantitative estimate of drug-likeness (QED) is 0.155. The van der Waals surface area contributed by atoms with Crippen molar-refractivity contribution in [3.05, 3.63) is 174 Å². The van der Waals surface area contributed by atoms with Crippen LogP contribution in [0, 0.1) is 39.6 Å². The molecule has 0 N–H and O–H groups in total. The van der Waals surface area contributed by atoms with Crippen molar-refractivity contribution in [2.45, 2.75) is 82.9 Å². The number of aryl methyl sites for hydroxylation is 3. The summed E-state index contributed by atoms with van der Waals surface area (Å²) in [6.45, 7) is 22.4. The number of anilines is 4. The third-order valence-electron chi connectivity index (χ3n) is 11.3. The van der Waals surface area contributed by atoms with Crippen LogP contribution in [0.5, 0.6) is 0 Å². The van der Waals surface area contributed by atoms with Gasteiger partial charge in [0.15, 0.2) is 0 Å². The van der Waals surface area contributed by atoms with E-state index in [1.54, 1.807) is 11.8 Å². The second kappa shape index (κ2) is 15.5. The van der Waals surface area contributed by atoms with Gasteiger partial charge >= 0.3 is 0 Å². The van der Waals surface area contributed by atoms with Crippen LogP contribution in [0.3, 0.4) is 0 Å². The Kier molecular flexibility index (Phi) is 10.7. The zero-order valence-electron chi connectivity index (χ0n) is 35.2. The summed E-state index contributed by atoms with van der Waals surface area (Å²) in [5.41, 5.74) is 15.5. The van der Waals surface area contributed by atoms with Gasteiger partial charge in [-0.3, -0.25) is 0 Å². The summed E-state index contributed by atoms with van der Waals surface area (Å²) in [6.07, 6.45) is 1.93. The Hall–Kier alpha value is -5.09. The molecule has 1 aliphatic rings. The van der Waals surface area contributed by atoms with Gasteiger partial charge < -0.3 is 14.4 Å². The molecule has 300 valence electrons. The van der Waals surface area contributed by atoms with E-state index in [0.717, 1.165) is 49.1 Å². The first-order valence-corrected chi connectivity index (χ1v) is 20.9. The van der Waals surface area contributed by atoms with Crippen LogP contribution in [0.25, 0.3) is 38.8 Å². The Morgan fingerprint density at radius 3 is 2.08 bits per heavy atom. The molecule has 0 aliphatic carbocycles. The van der Waals surface area contributed by atoms with E-state index in [1.807, 2.05) is 6.20 Å². The van der Waals surface area contributed by atoms with Gasteiger partial charge in [-0.05, 0) is 113 Å². The first kappa shape index (κ1) is 40.7. The molecule has 0 radical (unpaired) electrons. The minimum absolute atomic E-state index is 0. The number of para-hydroxylation sites is 1. The normalized spacial score (nSPS) is 13.0. The zero-order valence-corrected chi connectivity index (χ0v) is 38.3. The molecule has 3 heterocycles. The molecule has 0 spiro atoms. The molecule has 1 aliphatic heterocycles. The number of pyridine rings is 1. The van der Waals surface area contributed by atoms with Gasteiger partial charge in [-0.1, -0.05) is 101 Å². The number of hydrogen-bond acceptors (Lipinski definition) is 4. The van der Waals surface area contributed by atoms with Crippen molar-refractivity contribution in [2.24, 2.45) is 0 Å². The molecule has 0 atom stereocenters. The molecule has 9 rings (SSSR count). The summed E-state index contributed by atoms with van der Waals surface area (Å²) >= 11 is 1.68. The Bertz CT molecular complexity index is 2850. The van der Waals surface area contributed by atoms with E-state index in [-0.39, 0.29) is 31.9 Å². The van der Waals surface area contributed by atoms with E-state index in [1.165, 1.54) is 50.0 Å². The molecule has 0 amide bonds. The summed E-state index contributed by atoms with van der Waals surface area (Å²) in [6, 6.07) is 51.7. The fourth-order valence-electron chi connectivity index (χ4n) is 8.40. The molecule has 6 aromatic carbocycles. The molecule has 0 saturated carbocycles. The van der Waals surface area contributed by atoms with E-state index in [0.29, 0.717) is 0 Å². The maximum Gasteiger partial charge on any atom is 0.136 e. The van der Waals surface area contributed by atoms with Crippen LogP contribution in [0.1, 0.15) is 69.4 Å². The van der Waals surface area contributed by atoms with E-state index in [2.05, 4.69) is 217 Å². The number of rotatable bonds is 6. The van der Waals surface area contributed by atoms with Crippen LogP contribution < -0.4 is 9.80 Å². The van der Waals surface area contributed by atoms with Crippen molar-refractivity contribution < 1.29 is 21.1 Å². The number of nitrogens with zero attached hydrogens (tertiary/aromatic N) is 4. The van der Waals surface area contributed by atoms with Crippen molar-refractivity contribution >= 4 is 56.3 Å². The van der Waals surface area contributed by atoms with Crippen LogP contribution >= 0.6 is 11.8 Å². The van der Waals surface area contributed by atoms with Gasteiger partial charge in [0.2, 0.25) is 0 Å².